The Morgan fingerprint density at radius 3 is 2.24 bits per heavy atom. The summed E-state index contributed by atoms with van der Waals surface area (Å²) in [7, 11) is 0. The van der Waals surface area contributed by atoms with E-state index in [1.807, 2.05) is 0 Å². The molecule has 3 N–H and O–H groups in total. The molecule has 2 aromatic rings. The van der Waals surface area contributed by atoms with Gasteiger partial charge < -0.3 is 11.1 Å². The summed E-state index contributed by atoms with van der Waals surface area (Å²) in [5.41, 5.74) is 4.61. The molecular weight excluding hydrogens is 342 g/mol. The highest BCUT2D eigenvalue weighted by Gasteiger charge is 2.31. The molecule has 1 atom stereocenters. The van der Waals surface area contributed by atoms with Gasteiger partial charge in [0.2, 0.25) is 5.91 Å². The molecule has 2 rings (SSSR count). The third-order valence-corrected chi connectivity index (χ3v) is 3.55. The summed E-state index contributed by atoms with van der Waals surface area (Å²) < 4.78 is 27.7. The topological polar surface area (TPSA) is 55.1 Å². The maximum Gasteiger partial charge on any atom is 0.248 e. The lowest BCUT2D eigenvalue weighted by Gasteiger charge is -2.24. The normalized spacial score (nSPS) is 13.6. The van der Waals surface area contributed by atoms with Crippen LogP contribution in [0.3, 0.4) is 0 Å². The second-order valence-corrected chi connectivity index (χ2v) is 5.68. The molecule has 0 radical (unpaired) electrons. The largest absolute Gasteiger partial charge is 0.319 e. The number of amides is 1. The number of hydrogen-bond acceptors (Lipinski definition) is 2. The molecule has 0 saturated heterocycles. The van der Waals surface area contributed by atoms with Crippen LogP contribution < -0.4 is 11.1 Å². The molecule has 1 amide bonds. The highest BCUT2D eigenvalue weighted by molar-refractivity contribution is 9.10. The summed E-state index contributed by atoms with van der Waals surface area (Å²) in [5.74, 6) is -2.45. The molecule has 0 saturated carbocycles. The number of halogens is 3. The van der Waals surface area contributed by atoms with Gasteiger partial charge in [-0.15, -0.1) is 0 Å². The van der Waals surface area contributed by atoms with Gasteiger partial charge in [0.1, 0.15) is 11.2 Å². The lowest BCUT2D eigenvalue weighted by atomic mass is 9.92. The molecule has 0 spiro atoms. The fourth-order valence-corrected chi connectivity index (χ4v) is 2.22. The van der Waals surface area contributed by atoms with Gasteiger partial charge >= 0.3 is 0 Å². The predicted molar refractivity (Wildman–Crippen MR) is 80.7 cm³/mol. The van der Waals surface area contributed by atoms with Crippen molar-refractivity contribution in [2.45, 2.75) is 12.5 Å². The van der Waals surface area contributed by atoms with E-state index in [0.717, 1.165) is 12.1 Å². The minimum Gasteiger partial charge on any atom is -0.319 e. The molecule has 0 aliphatic heterocycles. The number of rotatable bonds is 3. The number of carbonyl (C=O) groups excluding carboxylic acids is 1. The van der Waals surface area contributed by atoms with Crippen LogP contribution in [0.2, 0.25) is 0 Å². The highest BCUT2D eigenvalue weighted by atomic mass is 79.9. The Morgan fingerprint density at radius 2 is 1.71 bits per heavy atom. The summed E-state index contributed by atoms with van der Waals surface area (Å²) in [5, 5.41) is 2.21. The van der Waals surface area contributed by atoms with Crippen LogP contribution in [-0.4, -0.2) is 5.91 Å². The number of anilines is 1. The maximum absolute atomic E-state index is 13.7. The zero-order valence-corrected chi connectivity index (χ0v) is 12.7. The third kappa shape index (κ3) is 3.28. The monoisotopic (exact) mass is 354 g/mol. The van der Waals surface area contributed by atoms with Gasteiger partial charge in [0, 0.05) is 4.47 Å². The van der Waals surface area contributed by atoms with Crippen LogP contribution in [0.15, 0.2) is 46.9 Å². The average molecular weight is 355 g/mol. The summed E-state index contributed by atoms with van der Waals surface area (Å²) in [6.45, 7) is 1.48. The van der Waals surface area contributed by atoms with Crippen LogP contribution in [-0.2, 0) is 10.3 Å². The van der Waals surface area contributed by atoms with Gasteiger partial charge in [0.25, 0.3) is 0 Å². The Labute approximate surface area is 129 Å². The van der Waals surface area contributed by atoms with Crippen LogP contribution in [0.5, 0.6) is 0 Å². The molecule has 2 aromatic carbocycles. The Bertz CT molecular complexity index is 652. The quantitative estimate of drug-likeness (QED) is 0.885. The molecule has 3 nitrogen and oxygen atoms in total. The second kappa shape index (κ2) is 5.91. The minimum atomic E-state index is -1.41. The zero-order valence-electron chi connectivity index (χ0n) is 11.2. The van der Waals surface area contributed by atoms with Crippen molar-refractivity contribution in [2.75, 3.05) is 5.32 Å². The molecule has 6 heteroatoms. The number of carbonyl (C=O) groups is 1. The fraction of sp³-hybridized carbons (Fsp3) is 0.133. The maximum atomic E-state index is 13.7. The van der Waals surface area contributed by atoms with E-state index in [9.17, 15) is 13.6 Å². The molecule has 21 heavy (non-hydrogen) atoms. The first kappa shape index (κ1) is 15.6. The Balaban J connectivity index is 2.30. The van der Waals surface area contributed by atoms with E-state index < -0.39 is 28.8 Å². The van der Waals surface area contributed by atoms with Crippen molar-refractivity contribution in [3.63, 3.8) is 0 Å². The van der Waals surface area contributed by atoms with Crippen LogP contribution in [0.4, 0.5) is 14.5 Å². The van der Waals surface area contributed by atoms with Gasteiger partial charge in [-0.25, -0.2) is 8.78 Å². The SMILES string of the molecule is CC(N)(C(=O)Nc1c(F)cc(Br)cc1F)c1ccccc1. The summed E-state index contributed by atoms with van der Waals surface area (Å²) in [6, 6.07) is 10.7. The molecule has 0 fully saturated rings. The Morgan fingerprint density at radius 1 is 1.19 bits per heavy atom. The molecule has 110 valence electrons. The molecule has 0 aromatic heterocycles. The first-order chi connectivity index (χ1) is 9.82. The van der Waals surface area contributed by atoms with Crippen molar-refractivity contribution in [1.29, 1.82) is 0 Å². The molecule has 1 unspecified atom stereocenters. The van der Waals surface area contributed by atoms with Crippen molar-refractivity contribution in [1.82, 2.24) is 0 Å². The van der Waals surface area contributed by atoms with Crippen molar-refractivity contribution >= 4 is 27.5 Å². The molecule has 0 aliphatic rings. The van der Waals surface area contributed by atoms with Crippen molar-refractivity contribution in [2.24, 2.45) is 5.73 Å². The van der Waals surface area contributed by atoms with Crippen LogP contribution in [0, 0.1) is 11.6 Å². The van der Waals surface area contributed by atoms with Crippen LogP contribution in [0.1, 0.15) is 12.5 Å². The van der Waals surface area contributed by atoms with Crippen molar-refractivity contribution in [3.8, 4) is 0 Å². The fourth-order valence-electron chi connectivity index (χ4n) is 1.82. The Kier molecular flexibility index (Phi) is 4.39. The van der Waals surface area contributed by atoms with E-state index in [-0.39, 0.29) is 4.47 Å². The summed E-state index contributed by atoms with van der Waals surface area (Å²) in [4.78, 5) is 12.2. The van der Waals surface area contributed by atoms with E-state index in [1.165, 1.54) is 6.92 Å². The molecule has 0 heterocycles. The smallest absolute Gasteiger partial charge is 0.248 e. The number of nitrogens with two attached hydrogens (primary N) is 1. The summed E-state index contributed by atoms with van der Waals surface area (Å²) in [6.07, 6.45) is 0. The first-order valence-corrected chi connectivity index (χ1v) is 6.92. The lowest BCUT2D eigenvalue weighted by molar-refractivity contribution is -0.120. The second-order valence-electron chi connectivity index (χ2n) is 4.77. The van der Waals surface area contributed by atoms with E-state index >= 15 is 0 Å². The first-order valence-electron chi connectivity index (χ1n) is 6.13. The number of nitrogens with one attached hydrogen (secondary N) is 1. The molecular formula is C15H13BrF2N2O. The van der Waals surface area contributed by atoms with Gasteiger partial charge in [-0.05, 0) is 24.6 Å². The van der Waals surface area contributed by atoms with Gasteiger partial charge in [-0.1, -0.05) is 46.3 Å². The van der Waals surface area contributed by atoms with Gasteiger partial charge in [-0.2, -0.15) is 0 Å². The van der Waals surface area contributed by atoms with E-state index in [4.69, 9.17) is 5.73 Å². The van der Waals surface area contributed by atoms with Crippen LogP contribution in [0.25, 0.3) is 0 Å². The Hall–Kier alpha value is -1.79. The van der Waals surface area contributed by atoms with Crippen LogP contribution >= 0.6 is 15.9 Å². The lowest BCUT2D eigenvalue weighted by Crippen LogP contribution is -2.45. The average Bonchev–Trinajstić information content (AvgIpc) is 2.43. The van der Waals surface area contributed by atoms with E-state index in [2.05, 4.69) is 21.2 Å². The number of benzene rings is 2. The zero-order chi connectivity index (χ0) is 15.6. The van der Waals surface area contributed by atoms with E-state index in [1.54, 1.807) is 30.3 Å². The molecule has 0 bridgehead atoms. The van der Waals surface area contributed by atoms with Crippen molar-refractivity contribution < 1.29 is 13.6 Å². The van der Waals surface area contributed by atoms with E-state index in [0.29, 0.717) is 5.56 Å². The van der Waals surface area contributed by atoms with Gasteiger partial charge in [-0.3, -0.25) is 4.79 Å². The highest BCUT2D eigenvalue weighted by Crippen LogP contribution is 2.26. The third-order valence-electron chi connectivity index (χ3n) is 3.09. The van der Waals surface area contributed by atoms with Gasteiger partial charge in [0.15, 0.2) is 11.6 Å². The standard InChI is InChI=1S/C15H13BrF2N2O/c1-15(19,9-5-3-2-4-6-9)14(21)20-13-11(17)7-10(16)8-12(13)18/h2-8H,19H2,1H3,(H,20,21). The van der Waals surface area contributed by atoms with Crippen molar-refractivity contribution in [3.05, 3.63) is 64.1 Å². The number of hydrogen-bond donors (Lipinski definition) is 2. The summed E-state index contributed by atoms with van der Waals surface area (Å²) >= 11 is 2.97. The molecule has 0 aliphatic carbocycles. The predicted octanol–water partition coefficient (Wildman–Crippen LogP) is 3.54. The minimum absolute atomic E-state index is 0.245. The van der Waals surface area contributed by atoms with Gasteiger partial charge in [0.05, 0.1) is 0 Å².